The van der Waals surface area contributed by atoms with E-state index < -0.39 is 17.8 Å². The number of pyridine rings is 1. The van der Waals surface area contributed by atoms with Gasteiger partial charge in [0.05, 0.1) is 17.8 Å². The molecule has 3 rings (SSSR count). The molecule has 0 saturated heterocycles. The molecule has 2 bridgehead atoms. The van der Waals surface area contributed by atoms with Crippen LogP contribution < -0.4 is 10.4 Å². The Balaban J connectivity index is 1.79. The van der Waals surface area contributed by atoms with Crippen LogP contribution in [0, 0.1) is 23.7 Å². The van der Waals surface area contributed by atoms with Gasteiger partial charge in [-0.2, -0.15) is 0 Å². The Labute approximate surface area is 110 Å². The molecule has 98 valence electrons. The van der Waals surface area contributed by atoms with Gasteiger partial charge in [-0.05, 0) is 30.4 Å². The smallest absolute Gasteiger partial charge is 0.228 e. The summed E-state index contributed by atoms with van der Waals surface area (Å²) >= 11 is 0. The Morgan fingerprint density at radius 1 is 1.26 bits per heavy atom. The lowest BCUT2D eigenvalue weighted by molar-refractivity contribution is -0.313. The first-order valence-electron chi connectivity index (χ1n) is 6.27. The molecule has 0 radical (unpaired) electrons. The van der Waals surface area contributed by atoms with Crippen molar-refractivity contribution in [2.45, 2.75) is 6.42 Å². The highest BCUT2D eigenvalue weighted by atomic mass is 16.4. The van der Waals surface area contributed by atoms with E-state index in [1.54, 1.807) is 18.3 Å². The predicted octanol–water partition coefficient (Wildman–Crippen LogP) is 0.208. The van der Waals surface area contributed by atoms with Crippen LogP contribution in [0.1, 0.15) is 6.42 Å². The fourth-order valence-corrected chi connectivity index (χ4v) is 3.16. The number of hydrogen-bond donors (Lipinski definition) is 1. The molecule has 5 nitrogen and oxygen atoms in total. The summed E-state index contributed by atoms with van der Waals surface area (Å²) in [5.74, 6) is -2.72. The molecule has 19 heavy (non-hydrogen) atoms. The van der Waals surface area contributed by atoms with E-state index >= 15 is 0 Å². The second-order valence-electron chi connectivity index (χ2n) is 5.05. The van der Waals surface area contributed by atoms with E-state index in [0.29, 0.717) is 5.69 Å². The standard InChI is InChI=1S/C14H14N2O3/c17-13(16-10-2-1-5-15-7-10)11-8-3-4-9(6-8)12(11)14(18)19/h1-5,7-9,11-12H,6H2,(H,16,17)(H,18,19)/p-1/t8-,9+,11+,12-/m0/s1. The molecule has 2 aliphatic carbocycles. The summed E-state index contributed by atoms with van der Waals surface area (Å²) in [6.07, 6.45) is 7.70. The zero-order valence-corrected chi connectivity index (χ0v) is 10.2. The fraction of sp³-hybridized carbons (Fsp3) is 0.357. The van der Waals surface area contributed by atoms with Crippen LogP contribution >= 0.6 is 0 Å². The molecular weight excluding hydrogens is 244 g/mol. The molecule has 1 saturated carbocycles. The molecule has 0 aliphatic heterocycles. The Morgan fingerprint density at radius 3 is 2.63 bits per heavy atom. The number of amides is 1. The number of nitrogens with one attached hydrogen (secondary N) is 1. The quantitative estimate of drug-likeness (QED) is 0.785. The number of fused-ring (bicyclic) bond motifs is 2. The van der Waals surface area contributed by atoms with E-state index in [0.717, 1.165) is 6.42 Å². The minimum Gasteiger partial charge on any atom is -0.550 e. The summed E-state index contributed by atoms with van der Waals surface area (Å²) in [6, 6.07) is 3.44. The molecule has 1 N–H and O–H groups in total. The number of rotatable bonds is 3. The van der Waals surface area contributed by atoms with Gasteiger partial charge in [0, 0.05) is 18.1 Å². The lowest BCUT2D eigenvalue weighted by Crippen LogP contribution is -2.42. The fourth-order valence-electron chi connectivity index (χ4n) is 3.16. The molecule has 1 fully saturated rings. The van der Waals surface area contributed by atoms with Crippen molar-refractivity contribution in [1.82, 2.24) is 4.98 Å². The first-order valence-corrected chi connectivity index (χ1v) is 6.27. The molecule has 0 unspecified atom stereocenters. The average molecular weight is 257 g/mol. The zero-order chi connectivity index (χ0) is 13.4. The van der Waals surface area contributed by atoms with Gasteiger partial charge in [0.25, 0.3) is 0 Å². The van der Waals surface area contributed by atoms with Gasteiger partial charge in [0.15, 0.2) is 0 Å². The number of nitrogens with zero attached hydrogens (tertiary/aromatic N) is 1. The van der Waals surface area contributed by atoms with Crippen molar-refractivity contribution in [2.24, 2.45) is 23.7 Å². The van der Waals surface area contributed by atoms with Crippen molar-refractivity contribution in [2.75, 3.05) is 5.32 Å². The van der Waals surface area contributed by atoms with E-state index in [4.69, 9.17) is 0 Å². The third kappa shape index (κ3) is 2.01. The summed E-state index contributed by atoms with van der Waals surface area (Å²) in [5, 5.41) is 13.9. The van der Waals surface area contributed by atoms with Crippen LogP contribution in [-0.2, 0) is 9.59 Å². The molecule has 2 aliphatic rings. The summed E-state index contributed by atoms with van der Waals surface area (Å²) in [4.78, 5) is 27.4. The molecule has 0 aromatic carbocycles. The highest BCUT2D eigenvalue weighted by Gasteiger charge is 2.48. The number of allylic oxidation sites excluding steroid dienone is 2. The minimum atomic E-state index is -1.14. The lowest BCUT2D eigenvalue weighted by atomic mass is 9.82. The third-order valence-electron chi connectivity index (χ3n) is 3.96. The Kier molecular flexibility index (Phi) is 2.81. The van der Waals surface area contributed by atoms with Crippen LogP contribution in [0.15, 0.2) is 36.7 Å². The van der Waals surface area contributed by atoms with E-state index in [-0.39, 0.29) is 17.7 Å². The molecule has 4 atom stereocenters. The van der Waals surface area contributed by atoms with Crippen molar-refractivity contribution in [3.8, 4) is 0 Å². The average Bonchev–Trinajstić information content (AvgIpc) is 2.99. The SMILES string of the molecule is O=C([O-])[C@@H]1[C@H](C(=O)Nc2cccnc2)[C@H]2C=C[C@@H]1C2. The van der Waals surface area contributed by atoms with Crippen LogP contribution in [0.3, 0.4) is 0 Å². The molecule has 5 heteroatoms. The molecule has 1 aromatic rings. The summed E-state index contributed by atoms with van der Waals surface area (Å²) in [6.45, 7) is 0. The Hall–Kier alpha value is -2.17. The largest absolute Gasteiger partial charge is 0.550 e. The van der Waals surface area contributed by atoms with Gasteiger partial charge in [-0.1, -0.05) is 12.2 Å². The number of aromatic nitrogens is 1. The Bertz CT molecular complexity index is 541. The van der Waals surface area contributed by atoms with Crippen molar-refractivity contribution >= 4 is 17.6 Å². The Morgan fingerprint density at radius 2 is 2.00 bits per heavy atom. The maximum atomic E-state index is 12.3. The summed E-state index contributed by atoms with van der Waals surface area (Å²) in [5.41, 5.74) is 0.580. The van der Waals surface area contributed by atoms with Gasteiger partial charge in [0.2, 0.25) is 5.91 Å². The van der Waals surface area contributed by atoms with E-state index in [1.165, 1.54) is 6.20 Å². The number of aliphatic carboxylic acids is 1. The van der Waals surface area contributed by atoms with Gasteiger partial charge in [-0.25, -0.2) is 0 Å². The second-order valence-corrected chi connectivity index (χ2v) is 5.05. The zero-order valence-electron chi connectivity index (χ0n) is 10.2. The second kappa shape index (κ2) is 4.50. The van der Waals surface area contributed by atoms with Crippen molar-refractivity contribution in [1.29, 1.82) is 0 Å². The number of carboxylic acids is 1. The predicted molar refractivity (Wildman–Crippen MR) is 65.6 cm³/mol. The topological polar surface area (TPSA) is 82.1 Å². The summed E-state index contributed by atoms with van der Waals surface area (Å²) < 4.78 is 0. The lowest BCUT2D eigenvalue weighted by Gasteiger charge is -2.27. The molecule has 1 aromatic heterocycles. The number of anilines is 1. The number of carbonyl (C=O) groups is 2. The molecule has 1 amide bonds. The van der Waals surface area contributed by atoms with Crippen LogP contribution in [-0.4, -0.2) is 16.9 Å². The first-order chi connectivity index (χ1) is 9.16. The van der Waals surface area contributed by atoms with E-state index in [2.05, 4.69) is 10.3 Å². The number of hydrogen-bond acceptors (Lipinski definition) is 4. The van der Waals surface area contributed by atoms with Crippen molar-refractivity contribution in [3.63, 3.8) is 0 Å². The monoisotopic (exact) mass is 257 g/mol. The molecule has 1 heterocycles. The van der Waals surface area contributed by atoms with Gasteiger partial charge >= 0.3 is 0 Å². The van der Waals surface area contributed by atoms with Crippen molar-refractivity contribution in [3.05, 3.63) is 36.7 Å². The molecule has 0 spiro atoms. The van der Waals surface area contributed by atoms with E-state index in [1.807, 2.05) is 12.2 Å². The van der Waals surface area contributed by atoms with Crippen LogP contribution in [0.25, 0.3) is 0 Å². The van der Waals surface area contributed by atoms with Gasteiger partial charge in [0.1, 0.15) is 0 Å². The number of carboxylic acid groups (broad SMARTS) is 1. The van der Waals surface area contributed by atoms with Gasteiger partial charge in [-0.3, -0.25) is 9.78 Å². The maximum Gasteiger partial charge on any atom is 0.228 e. The third-order valence-corrected chi connectivity index (χ3v) is 3.96. The number of carbonyl (C=O) groups excluding carboxylic acids is 2. The van der Waals surface area contributed by atoms with Gasteiger partial charge in [-0.15, -0.1) is 0 Å². The highest BCUT2D eigenvalue weighted by molar-refractivity contribution is 5.96. The summed E-state index contributed by atoms with van der Waals surface area (Å²) in [7, 11) is 0. The first kappa shape index (κ1) is 11.9. The van der Waals surface area contributed by atoms with Crippen LogP contribution in [0.4, 0.5) is 5.69 Å². The molecular formula is C14H13N2O3-. The van der Waals surface area contributed by atoms with Crippen LogP contribution in [0.5, 0.6) is 0 Å². The van der Waals surface area contributed by atoms with Crippen molar-refractivity contribution < 1.29 is 14.7 Å². The maximum absolute atomic E-state index is 12.3. The minimum absolute atomic E-state index is 0.00423. The normalized spacial score (nSPS) is 31.4. The highest BCUT2D eigenvalue weighted by Crippen LogP contribution is 2.48. The van der Waals surface area contributed by atoms with E-state index in [9.17, 15) is 14.7 Å². The van der Waals surface area contributed by atoms with Crippen LogP contribution in [0.2, 0.25) is 0 Å². The van der Waals surface area contributed by atoms with Gasteiger partial charge < -0.3 is 15.2 Å².